The monoisotopic (exact) mass is 344 g/mol. The largest absolute Gasteiger partial charge is 0.320 e. The van der Waals surface area contributed by atoms with Crippen LogP contribution >= 0.6 is 0 Å². The maximum atomic E-state index is 13.2. The van der Waals surface area contributed by atoms with Gasteiger partial charge in [-0.25, -0.2) is 4.39 Å². The van der Waals surface area contributed by atoms with Crippen LogP contribution in [0.1, 0.15) is 16.1 Å². The van der Waals surface area contributed by atoms with E-state index in [1.165, 1.54) is 23.9 Å². The summed E-state index contributed by atoms with van der Waals surface area (Å²) in [6, 6.07) is 7.62. The summed E-state index contributed by atoms with van der Waals surface area (Å²) in [5, 5.41) is 21.3. The molecule has 0 unspecified atom stereocenters. The molecule has 0 atom stereocenters. The van der Waals surface area contributed by atoms with Crippen molar-refractivity contribution in [2.45, 2.75) is 6.54 Å². The molecular weight excluding hydrogens is 331 g/mol. The number of nitrogens with one attached hydrogen (secondary N) is 1. The van der Waals surface area contributed by atoms with E-state index in [9.17, 15) is 19.3 Å². The molecule has 0 aliphatic carbocycles. The molecule has 1 aromatic carbocycles. The van der Waals surface area contributed by atoms with Crippen molar-refractivity contribution in [3.8, 4) is 0 Å². The van der Waals surface area contributed by atoms with Crippen molar-refractivity contribution in [3.63, 3.8) is 0 Å². The summed E-state index contributed by atoms with van der Waals surface area (Å²) in [7, 11) is 1.43. The lowest BCUT2D eigenvalue weighted by Crippen LogP contribution is -2.18. The van der Waals surface area contributed by atoms with Gasteiger partial charge in [0.15, 0.2) is 5.82 Å². The van der Waals surface area contributed by atoms with Crippen LogP contribution in [0.5, 0.6) is 0 Å². The second kappa shape index (κ2) is 6.51. The Morgan fingerprint density at radius 1 is 1.40 bits per heavy atom. The number of anilines is 1. The highest BCUT2D eigenvalue weighted by Crippen LogP contribution is 2.18. The number of carbonyl (C=O) groups is 1. The van der Waals surface area contributed by atoms with E-state index in [-0.39, 0.29) is 23.0 Å². The number of carbonyl (C=O) groups excluding carboxylic acids is 1. The number of aryl methyl sites for hydroxylation is 1. The lowest BCUT2D eigenvalue weighted by molar-refractivity contribution is -0.385. The summed E-state index contributed by atoms with van der Waals surface area (Å²) in [5.41, 5.74) is 0.145. The highest BCUT2D eigenvalue weighted by molar-refractivity contribution is 6.05. The van der Waals surface area contributed by atoms with Crippen LogP contribution in [0.15, 0.2) is 42.7 Å². The first-order valence-electron chi connectivity index (χ1n) is 7.19. The van der Waals surface area contributed by atoms with Crippen molar-refractivity contribution in [2.24, 2.45) is 7.05 Å². The van der Waals surface area contributed by atoms with E-state index in [1.54, 1.807) is 24.4 Å². The molecular formula is C15H13FN6O3. The lowest BCUT2D eigenvalue weighted by atomic mass is 10.2. The van der Waals surface area contributed by atoms with Gasteiger partial charge in [-0.3, -0.25) is 24.3 Å². The molecule has 10 heteroatoms. The molecule has 0 fully saturated rings. The third-order valence-electron chi connectivity index (χ3n) is 3.45. The molecule has 3 rings (SSSR count). The first-order chi connectivity index (χ1) is 11.9. The third-order valence-corrected chi connectivity index (χ3v) is 3.45. The SMILES string of the molecule is Cn1ncc([N+](=O)[O-])c1C(=O)Nc1ccn(Cc2cccc(F)c2)n1. The average Bonchev–Trinajstić information content (AvgIpc) is 3.14. The summed E-state index contributed by atoms with van der Waals surface area (Å²) in [5.74, 6) is -0.818. The van der Waals surface area contributed by atoms with E-state index in [0.717, 1.165) is 10.9 Å². The van der Waals surface area contributed by atoms with Gasteiger partial charge in [0.2, 0.25) is 5.69 Å². The number of rotatable bonds is 5. The Balaban J connectivity index is 1.74. The van der Waals surface area contributed by atoms with Gasteiger partial charge in [-0.05, 0) is 17.7 Å². The van der Waals surface area contributed by atoms with Crippen molar-refractivity contribution in [1.29, 1.82) is 0 Å². The maximum Gasteiger partial charge on any atom is 0.320 e. The number of hydrogen-bond acceptors (Lipinski definition) is 5. The molecule has 3 aromatic rings. The number of halogens is 1. The molecule has 9 nitrogen and oxygen atoms in total. The van der Waals surface area contributed by atoms with Crippen LogP contribution in [0.25, 0.3) is 0 Å². The number of amides is 1. The predicted molar refractivity (Wildman–Crippen MR) is 85.5 cm³/mol. The number of nitrogens with zero attached hydrogens (tertiary/aromatic N) is 5. The van der Waals surface area contributed by atoms with Gasteiger partial charge in [0.25, 0.3) is 5.91 Å². The second-order valence-corrected chi connectivity index (χ2v) is 5.24. The van der Waals surface area contributed by atoms with Crippen LogP contribution in [0.4, 0.5) is 15.9 Å². The van der Waals surface area contributed by atoms with E-state index >= 15 is 0 Å². The topological polar surface area (TPSA) is 108 Å². The normalized spacial score (nSPS) is 10.6. The zero-order chi connectivity index (χ0) is 18.0. The van der Waals surface area contributed by atoms with Crippen LogP contribution in [0.3, 0.4) is 0 Å². The van der Waals surface area contributed by atoms with Crippen LogP contribution in [-0.4, -0.2) is 30.4 Å². The number of aromatic nitrogens is 4. The van der Waals surface area contributed by atoms with E-state index in [2.05, 4.69) is 15.5 Å². The minimum absolute atomic E-state index is 0.176. The molecule has 2 heterocycles. The second-order valence-electron chi connectivity index (χ2n) is 5.24. The molecule has 0 saturated carbocycles. The lowest BCUT2D eigenvalue weighted by Gasteiger charge is -2.03. The quantitative estimate of drug-likeness (QED) is 0.562. The Hall–Kier alpha value is -3.56. The van der Waals surface area contributed by atoms with Crippen molar-refractivity contribution >= 4 is 17.4 Å². The van der Waals surface area contributed by atoms with Crippen LogP contribution in [0, 0.1) is 15.9 Å². The molecule has 1 amide bonds. The standard InChI is InChI=1S/C15H13FN6O3/c1-20-14(12(8-17-20)22(24)25)15(23)18-13-5-6-21(19-13)9-10-3-2-4-11(16)7-10/h2-8H,9H2,1H3,(H,18,19,23). The van der Waals surface area contributed by atoms with Gasteiger partial charge in [-0.15, -0.1) is 0 Å². The molecule has 0 aliphatic heterocycles. The van der Waals surface area contributed by atoms with Crippen LogP contribution in [0.2, 0.25) is 0 Å². The Morgan fingerprint density at radius 3 is 2.92 bits per heavy atom. The Bertz CT molecular complexity index is 948. The van der Waals surface area contributed by atoms with Crippen molar-refractivity contribution < 1.29 is 14.1 Å². The van der Waals surface area contributed by atoms with Crippen molar-refractivity contribution in [1.82, 2.24) is 19.6 Å². The van der Waals surface area contributed by atoms with Gasteiger partial charge >= 0.3 is 5.69 Å². The van der Waals surface area contributed by atoms with Crippen LogP contribution in [-0.2, 0) is 13.6 Å². The molecule has 1 N–H and O–H groups in total. The summed E-state index contributed by atoms with van der Waals surface area (Å²) in [4.78, 5) is 22.5. The van der Waals surface area contributed by atoms with Gasteiger partial charge < -0.3 is 5.32 Å². The fraction of sp³-hybridized carbons (Fsp3) is 0.133. The van der Waals surface area contributed by atoms with Gasteiger partial charge in [-0.1, -0.05) is 12.1 Å². The minimum atomic E-state index is -0.692. The molecule has 0 spiro atoms. The first-order valence-corrected chi connectivity index (χ1v) is 7.19. The van der Waals surface area contributed by atoms with Gasteiger partial charge in [0.1, 0.15) is 12.0 Å². The van der Waals surface area contributed by atoms with Crippen LogP contribution < -0.4 is 5.32 Å². The average molecular weight is 344 g/mol. The first kappa shape index (κ1) is 16.3. The Morgan fingerprint density at radius 2 is 2.20 bits per heavy atom. The van der Waals surface area contributed by atoms with Gasteiger partial charge in [0, 0.05) is 19.3 Å². The fourth-order valence-electron chi connectivity index (χ4n) is 2.34. The molecule has 0 aliphatic rings. The number of benzene rings is 1. The third kappa shape index (κ3) is 3.52. The molecule has 128 valence electrons. The highest BCUT2D eigenvalue weighted by Gasteiger charge is 2.25. The summed E-state index contributed by atoms with van der Waals surface area (Å²) in [6.07, 6.45) is 2.62. The number of hydrogen-bond donors (Lipinski definition) is 1. The van der Waals surface area contributed by atoms with Crippen molar-refractivity contribution in [3.05, 3.63) is 69.9 Å². The zero-order valence-electron chi connectivity index (χ0n) is 13.1. The predicted octanol–water partition coefficient (Wildman–Crippen LogP) is 1.96. The Labute approximate surface area is 140 Å². The summed E-state index contributed by atoms with van der Waals surface area (Å²) < 4.78 is 15.8. The minimum Gasteiger partial charge on any atom is -0.304 e. The number of nitro groups is 1. The van der Waals surface area contributed by atoms with Crippen molar-refractivity contribution in [2.75, 3.05) is 5.32 Å². The fourth-order valence-corrected chi connectivity index (χ4v) is 2.34. The molecule has 0 radical (unpaired) electrons. The van der Waals surface area contributed by atoms with E-state index in [4.69, 9.17) is 0 Å². The highest BCUT2D eigenvalue weighted by atomic mass is 19.1. The summed E-state index contributed by atoms with van der Waals surface area (Å²) in [6.45, 7) is 0.319. The smallest absolute Gasteiger partial charge is 0.304 e. The summed E-state index contributed by atoms with van der Waals surface area (Å²) >= 11 is 0. The van der Waals surface area contributed by atoms with Gasteiger partial charge in [0.05, 0.1) is 11.5 Å². The molecule has 0 bridgehead atoms. The maximum absolute atomic E-state index is 13.2. The molecule has 2 aromatic heterocycles. The van der Waals surface area contributed by atoms with Gasteiger partial charge in [-0.2, -0.15) is 10.2 Å². The van der Waals surface area contributed by atoms with E-state index < -0.39 is 10.8 Å². The Kier molecular flexibility index (Phi) is 4.25. The van der Waals surface area contributed by atoms with E-state index in [0.29, 0.717) is 12.1 Å². The zero-order valence-corrected chi connectivity index (χ0v) is 13.1. The molecule has 25 heavy (non-hydrogen) atoms. The van der Waals surface area contributed by atoms with E-state index in [1.807, 2.05) is 0 Å². The molecule has 0 saturated heterocycles.